The molecule has 2 rings (SSSR count). The predicted molar refractivity (Wildman–Crippen MR) is 63.9 cm³/mol. The van der Waals surface area contributed by atoms with Gasteiger partial charge in [-0.05, 0) is 25.0 Å². The number of para-hydroxylation sites is 1. The average molecular weight is 231 g/mol. The van der Waals surface area contributed by atoms with E-state index in [0.717, 1.165) is 17.7 Å². The highest BCUT2D eigenvalue weighted by molar-refractivity contribution is 6.06. The second-order valence-electron chi connectivity index (χ2n) is 4.00. The lowest BCUT2D eigenvalue weighted by atomic mass is 10.2. The van der Waals surface area contributed by atoms with E-state index in [4.69, 9.17) is 5.11 Å². The van der Waals surface area contributed by atoms with E-state index in [1.807, 2.05) is 24.3 Å². The number of carboxylic acids is 1. The fraction of sp³-hybridized carbons (Fsp3) is 0.231. The third kappa shape index (κ3) is 2.20. The maximum absolute atomic E-state index is 11.9. The topological polar surface area (TPSA) is 57.6 Å². The third-order valence-electron chi connectivity index (χ3n) is 2.83. The van der Waals surface area contributed by atoms with E-state index in [2.05, 4.69) is 0 Å². The van der Waals surface area contributed by atoms with Crippen LogP contribution in [0.1, 0.15) is 12.5 Å². The molecule has 0 fully saturated rings. The molecule has 17 heavy (non-hydrogen) atoms. The first-order chi connectivity index (χ1) is 8.09. The summed E-state index contributed by atoms with van der Waals surface area (Å²) in [6, 6.07) is 7.67. The van der Waals surface area contributed by atoms with Gasteiger partial charge in [0.25, 0.3) is 5.91 Å². The van der Waals surface area contributed by atoms with Crippen molar-refractivity contribution in [2.75, 3.05) is 11.4 Å². The minimum absolute atomic E-state index is 0.0550. The number of anilines is 1. The van der Waals surface area contributed by atoms with Gasteiger partial charge in [-0.15, -0.1) is 0 Å². The Morgan fingerprint density at radius 3 is 2.76 bits per heavy atom. The van der Waals surface area contributed by atoms with Crippen molar-refractivity contribution in [3.05, 3.63) is 41.5 Å². The first-order valence-corrected chi connectivity index (χ1v) is 5.40. The summed E-state index contributed by atoms with van der Waals surface area (Å²) in [7, 11) is 0. The van der Waals surface area contributed by atoms with Gasteiger partial charge >= 0.3 is 5.97 Å². The molecule has 1 N–H and O–H groups in total. The van der Waals surface area contributed by atoms with Crippen molar-refractivity contribution in [1.82, 2.24) is 0 Å². The molecule has 0 atom stereocenters. The molecular formula is C13H13NO3. The third-order valence-corrected chi connectivity index (χ3v) is 2.83. The van der Waals surface area contributed by atoms with Crippen LogP contribution in [-0.4, -0.2) is 23.5 Å². The molecule has 0 saturated heterocycles. The Balaban J connectivity index is 2.24. The minimum atomic E-state index is -1.06. The fourth-order valence-electron chi connectivity index (χ4n) is 1.89. The largest absolute Gasteiger partial charge is 0.478 e. The van der Waals surface area contributed by atoms with Crippen LogP contribution in [0.4, 0.5) is 5.69 Å². The molecule has 1 aromatic carbocycles. The van der Waals surface area contributed by atoms with Crippen molar-refractivity contribution in [3.63, 3.8) is 0 Å². The van der Waals surface area contributed by atoms with E-state index in [0.29, 0.717) is 6.54 Å². The van der Waals surface area contributed by atoms with Crippen LogP contribution in [0.15, 0.2) is 35.9 Å². The van der Waals surface area contributed by atoms with Gasteiger partial charge in [-0.2, -0.15) is 0 Å². The second-order valence-corrected chi connectivity index (χ2v) is 4.00. The van der Waals surface area contributed by atoms with Gasteiger partial charge in [-0.1, -0.05) is 18.2 Å². The molecule has 1 aliphatic heterocycles. The van der Waals surface area contributed by atoms with Gasteiger partial charge in [0.15, 0.2) is 0 Å². The fourth-order valence-corrected chi connectivity index (χ4v) is 1.89. The van der Waals surface area contributed by atoms with Crippen molar-refractivity contribution in [2.24, 2.45) is 0 Å². The van der Waals surface area contributed by atoms with E-state index in [9.17, 15) is 9.59 Å². The van der Waals surface area contributed by atoms with Crippen molar-refractivity contribution in [1.29, 1.82) is 0 Å². The summed E-state index contributed by atoms with van der Waals surface area (Å²) >= 11 is 0. The maximum atomic E-state index is 11.9. The standard InChI is InChI=1S/C13H13NO3/c1-9(13(16)17)8-12(15)14-7-6-10-4-2-3-5-11(10)14/h2-5,8H,6-7H2,1H3,(H,16,17)/b9-8+. The molecule has 0 spiro atoms. The van der Waals surface area contributed by atoms with E-state index in [-0.39, 0.29) is 11.5 Å². The molecule has 4 nitrogen and oxygen atoms in total. The van der Waals surface area contributed by atoms with Crippen molar-refractivity contribution in [3.8, 4) is 0 Å². The zero-order valence-electron chi connectivity index (χ0n) is 9.51. The number of benzene rings is 1. The van der Waals surface area contributed by atoms with Gasteiger partial charge in [-0.25, -0.2) is 4.79 Å². The quantitative estimate of drug-likeness (QED) is 0.786. The number of rotatable bonds is 2. The molecular weight excluding hydrogens is 218 g/mol. The number of carbonyl (C=O) groups is 2. The van der Waals surface area contributed by atoms with Crippen LogP contribution >= 0.6 is 0 Å². The van der Waals surface area contributed by atoms with Crippen molar-refractivity contribution < 1.29 is 14.7 Å². The van der Waals surface area contributed by atoms with Gasteiger partial charge in [0.05, 0.1) is 0 Å². The molecule has 4 heteroatoms. The Kier molecular flexibility index (Phi) is 2.95. The maximum Gasteiger partial charge on any atom is 0.331 e. The van der Waals surface area contributed by atoms with Gasteiger partial charge in [0, 0.05) is 23.9 Å². The van der Waals surface area contributed by atoms with Crippen LogP contribution in [0.2, 0.25) is 0 Å². The van der Waals surface area contributed by atoms with E-state index >= 15 is 0 Å². The van der Waals surface area contributed by atoms with Crippen LogP contribution in [0.5, 0.6) is 0 Å². The van der Waals surface area contributed by atoms with E-state index < -0.39 is 5.97 Å². The minimum Gasteiger partial charge on any atom is -0.478 e. The van der Waals surface area contributed by atoms with E-state index in [1.54, 1.807) is 4.90 Å². The van der Waals surface area contributed by atoms with Gasteiger partial charge in [0.2, 0.25) is 0 Å². The molecule has 1 amide bonds. The summed E-state index contributed by atoms with van der Waals surface area (Å²) in [5.41, 5.74) is 2.06. The highest BCUT2D eigenvalue weighted by Gasteiger charge is 2.23. The lowest BCUT2D eigenvalue weighted by Crippen LogP contribution is -2.27. The average Bonchev–Trinajstić information content (AvgIpc) is 2.72. The molecule has 1 aromatic rings. The summed E-state index contributed by atoms with van der Waals surface area (Å²) in [6.07, 6.45) is 1.99. The Hall–Kier alpha value is -2.10. The number of amides is 1. The molecule has 0 radical (unpaired) electrons. The zero-order chi connectivity index (χ0) is 12.4. The number of aliphatic carboxylic acids is 1. The summed E-state index contributed by atoms with van der Waals surface area (Å²) in [5.74, 6) is -1.33. The van der Waals surface area contributed by atoms with Crippen LogP contribution in [0.25, 0.3) is 0 Å². The molecule has 0 aliphatic carbocycles. The Labute approximate surface area is 99.2 Å². The number of carbonyl (C=O) groups excluding carboxylic acids is 1. The number of hydrogen-bond acceptors (Lipinski definition) is 2. The van der Waals surface area contributed by atoms with Gasteiger partial charge in [-0.3, -0.25) is 4.79 Å². The number of carboxylic acid groups (broad SMARTS) is 1. The SMILES string of the molecule is C/C(=C\C(=O)N1CCc2ccccc21)C(=O)O. The molecule has 0 unspecified atom stereocenters. The molecule has 88 valence electrons. The number of nitrogens with zero attached hydrogens (tertiary/aromatic N) is 1. The van der Waals surface area contributed by atoms with Gasteiger partial charge < -0.3 is 10.0 Å². The summed E-state index contributed by atoms with van der Waals surface area (Å²) in [6.45, 7) is 2.03. The highest BCUT2D eigenvalue weighted by Crippen LogP contribution is 2.27. The first-order valence-electron chi connectivity index (χ1n) is 5.40. The van der Waals surface area contributed by atoms with Crippen LogP contribution in [-0.2, 0) is 16.0 Å². The summed E-state index contributed by atoms with van der Waals surface area (Å²) < 4.78 is 0. The van der Waals surface area contributed by atoms with Crippen LogP contribution < -0.4 is 4.90 Å². The smallest absolute Gasteiger partial charge is 0.331 e. The second kappa shape index (κ2) is 4.41. The monoisotopic (exact) mass is 231 g/mol. The zero-order valence-corrected chi connectivity index (χ0v) is 9.51. The van der Waals surface area contributed by atoms with Crippen LogP contribution in [0.3, 0.4) is 0 Å². The molecule has 0 aromatic heterocycles. The Bertz CT molecular complexity index is 505. The molecule has 0 saturated carbocycles. The molecule has 0 bridgehead atoms. The number of fused-ring (bicyclic) bond motifs is 1. The molecule has 1 heterocycles. The summed E-state index contributed by atoms with van der Waals surface area (Å²) in [5, 5.41) is 8.73. The van der Waals surface area contributed by atoms with Crippen LogP contribution in [0, 0.1) is 0 Å². The van der Waals surface area contributed by atoms with Gasteiger partial charge in [0.1, 0.15) is 0 Å². The van der Waals surface area contributed by atoms with Crippen molar-refractivity contribution >= 4 is 17.6 Å². The van der Waals surface area contributed by atoms with Crippen molar-refractivity contribution in [2.45, 2.75) is 13.3 Å². The number of hydrogen-bond donors (Lipinski definition) is 1. The van der Waals surface area contributed by atoms with E-state index in [1.165, 1.54) is 13.0 Å². The normalized spacial score (nSPS) is 14.6. The Morgan fingerprint density at radius 1 is 1.35 bits per heavy atom. The molecule has 1 aliphatic rings. The lowest BCUT2D eigenvalue weighted by Gasteiger charge is -2.15. The first kappa shape index (κ1) is 11.4. The summed E-state index contributed by atoms with van der Waals surface area (Å²) in [4.78, 5) is 24.2. The lowest BCUT2D eigenvalue weighted by molar-refractivity contribution is -0.132. The predicted octanol–water partition coefficient (Wildman–Crippen LogP) is 1.61. The highest BCUT2D eigenvalue weighted by atomic mass is 16.4. The Morgan fingerprint density at radius 2 is 2.06 bits per heavy atom.